The van der Waals surface area contributed by atoms with Crippen molar-refractivity contribution in [2.45, 2.75) is 39.5 Å². The summed E-state index contributed by atoms with van der Waals surface area (Å²) in [6.45, 7) is 4.66. The van der Waals surface area contributed by atoms with Crippen LogP contribution in [-0.2, 0) is 0 Å². The van der Waals surface area contributed by atoms with Crippen LogP contribution >= 0.6 is 15.8 Å². The maximum absolute atomic E-state index is 2.33. The Morgan fingerprint density at radius 1 is 0.583 bits per heavy atom. The molecule has 0 aliphatic heterocycles. The highest BCUT2D eigenvalue weighted by Crippen LogP contribution is 2.43. The van der Waals surface area contributed by atoms with Gasteiger partial charge < -0.3 is 0 Å². The molecule has 0 aliphatic carbocycles. The molecular weight excluding hydrogens is 326 g/mol. The van der Waals surface area contributed by atoms with Crippen molar-refractivity contribution in [3.8, 4) is 0 Å². The van der Waals surface area contributed by atoms with Crippen LogP contribution in [0.2, 0.25) is 0 Å². The molecule has 130 valence electrons. The highest BCUT2D eigenvalue weighted by Gasteiger charge is 2.16. The van der Waals surface area contributed by atoms with Crippen LogP contribution in [0, 0.1) is 0 Å². The van der Waals surface area contributed by atoms with Gasteiger partial charge in [0.05, 0.1) is 0 Å². The minimum Gasteiger partial charge on any atom is -0.106 e. The molecule has 2 aromatic carbocycles. The van der Waals surface area contributed by atoms with E-state index in [4.69, 9.17) is 0 Å². The fourth-order valence-corrected chi connectivity index (χ4v) is 8.97. The number of hydrogen-bond donors (Lipinski definition) is 0. The van der Waals surface area contributed by atoms with Gasteiger partial charge >= 0.3 is 0 Å². The fraction of sp³-hybridized carbons (Fsp3) is 0.455. The minimum absolute atomic E-state index is 0.197. The van der Waals surface area contributed by atoms with E-state index < -0.39 is 0 Å². The zero-order chi connectivity index (χ0) is 17.0. The van der Waals surface area contributed by atoms with E-state index in [0.717, 1.165) is 0 Å². The van der Waals surface area contributed by atoms with Gasteiger partial charge in [-0.3, -0.25) is 0 Å². The Morgan fingerprint density at radius 2 is 1.04 bits per heavy atom. The lowest BCUT2D eigenvalue weighted by Gasteiger charge is -2.23. The van der Waals surface area contributed by atoms with Gasteiger partial charge in [-0.15, -0.1) is 7.92 Å². The van der Waals surface area contributed by atoms with E-state index in [1.807, 2.05) is 0 Å². The Morgan fingerprint density at radius 3 is 1.46 bits per heavy atom. The zero-order valence-electron chi connectivity index (χ0n) is 15.3. The number of rotatable bonds is 11. The van der Waals surface area contributed by atoms with Crippen molar-refractivity contribution >= 4 is 26.5 Å². The molecule has 0 N–H and O–H groups in total. The lowest BCUT2D eigenvalue weighted by atomic mass is 10.4. The summed E-state index contributed by atoms with van der Waals surface area (Å²) in [6.07, 6.45) is 11.3. The molecule has 2 aromatic rings. The average Bonchev–Trinajstić information content (AvgIpc) is 2.65. The third-order valence-electron chi connectivity index (χ3n) is 4.43. The van der Waals surface area contributed by atoms with Gasteiger partial charge in [0.2, 0.25) is 0 Å². The van der Waals surface area contributed by atoms with Crippen LogP contribution in [0.4, 0.5) is 0 Å². The second-order valence-electron chi connectivity index (χ2n) is 6.37. The van der Waals surface area contributed by atoms with Crippen molar-refractivity contribution < 1.29 is 0 Å². The van der Waals surface area contributed by atoms with Crippen LogP contribution in [-0.4, -0.2) is 24.6 Å². The van der Waals surface area contributed by atoms with Gasteiger partial charge in [-0.25, -0.2) is 0 Å². The standard InChI is InChI=1S/C22H32P2/c1-3-5-17-23(18-6-4-2)19-20-24(21-13-9-7-10-14-21)22-15-11-8-12-16-22/h7-16H,3-6,17-20H2,1-2H3. The second kappa shape index (κ2) is 11.8. The van der Waals surface area contributed by atoms with Crippen LogP contribution in [0.1, 0.15) is 39.5 Å². The Bertz CT molecular complexity index is 491. The Balaban J connectivity index is 2.07. The van der Waals surface area contributed by atoms with Gasteiger partial charge in [-0.05, 0) is 56.0 Å². The quantitative estimate of drug-likeness (QED) is 0.419. The van der Waals surface area contributed by atoms with Crippen LogP contribution in [0.3, 0.4) is 0 Å². The Hall–Kier alpha value is -0.700. The smallest absolute Gasteiger partial charge is 0.0195 e. The van der Waals surface area contributed by atoms with E-state index in [9.17, 15) is 0 Å². The summed E-state index contributed by atoms with van der Waals surface area (Å²) in [7, 11) is 0.0334. The molecule has 2 heteroatoms. The van der Waals surface area contributed by atoms with Gasteiger partial charge in [0.25, 0.3) is 0 Å². The van der Waals surface area contributed by atoms with Crippen molar-refractivity contribution in [1.29, 1.82) is 0 Å². The molecule has 0 spiro atoms. The molecule has 0 saturated heterocycles. The molecule has 0 saturated carbocycles. The van der Waals surface area contributed by atoms with Crippen molar-refractivity contribution in [2.24, 2.45) is 0 Å². The van der Waals surface area contributed by atoms with Crippen molar-refractivity contribution in [3.05, 3.63) is 60.7 Å². The monoisotopic (exact) mass is 358 g/mol. The molecular formula is C22H32P2. The minimum atomic E-state index is -0.197. The topological polar surface area (TPSA) is 0 Å². The predicted molar refractivity (Wildman–Crippen MR) is 115 cm³/mol. The zero-order valence-corrected chi connectivity index (χ0v) is 17.1. The van der Waals surface area contributed by atoms with E-state index in [1.165, 1.54) is 50.3 Å². The molecule has 0 aromatic heterocycles. The van der Waals surface area contributed by atoms with E-state index in [1.54, 1.807) is 10.6 Å². The molecule has 0 unspecified atom stereocenters. The first-order valence-corrected chi connectivity index (χ1v) is 12.9. The normalized spacial score (nSPS) is 11.3. The van der Waals surface area contributed by atoms with E-state index in [0.29, 0.717) is 0 Å². The van der Waals surface area contributed by atoms with Crippen LogP contribution < -0.4 is 10.6 Å². The van der Waals surface area contributed by atoms with Crippen molar-refractivity contribution in [3.63, 3.8) is 0 Å². The third-order valence-corrected chi connectivity index (χ3v) is 10.1. The van der Waals surface area contributed by atoms with Crippen molar-refractivity contribution in [2.75, 3.05) is 24.6 Å². The lowest BCUT2D eigenvalue weighted by Crippen LogP contribution is -2.15. The van der Waals surface area contributed by atoms with Gasteiger partial charge in [0.1, 0.15) is 0 Å². The number of benzene rings is 2. The summed E-state index contributed by atoms with van der Waals surface area (Å²) in [5.41, 5.74) is 0. The fourth-order valence-electron chi connectivity index (χ4n) is 2.96. The lowest BCUT2D eigenvalue weighted by molar-refractivity contribution is 0.867. The molecule has 0 fully saturated rings. The first-order valence-electron chi connectivity index (χ1n) is 9.45. The molecule has 2 rings (SSSR count). The molecule has 0 atom stereocenters. The highest BCUT2D eigenvalue weighted by atomic mass is 31.1. The largest absolute Gasteiger partial charge is 0.106 e. The van der Waals surface area contributed by atoms with Gasteiger partial charge in [-0.1, -0.05) is 87.4 Å². The van der Waals surface area contributed by atoms with Gasteiger partial charge in [-0.2, -0.15) is 0 Å². The van der Waals surface area contributed by atoms with Crippen LogP contribution in [0.25, 0.3) is 0 Å². The number of hydrogen-bond acceptors (Lipinski definition) is 0. The third kappa shape index (κ3) is 6.66. The molecule has 0 radical (unpaired) electrons. The van der Waals surface area contributed by atoms with E-state index in [-0.39, 0.29) is 15.8 Å². The Labute approximate surface area is 151 Å². The maximum Gasteiger partial charge on any atom is -0.0195 e. The SMILES string of the molecule is CCCCP(CCCC)CCP(c1ccccc1)c1ccccc1. The highest BCUT2D eigenvalue weighted by molar-refractivity contribution is 7.73. The molecule has 24 heavy (non-hydrogen) atoms. The summed E-state index contributed by atoms with van der Waals surface area (Å²) >= 11 is 0. The summed E-state index contributed by atoms with van der Waals surface area (Å²) in [6, 6.07) is 22.4. The first kappa shape index (κ1) is 19.6. The Kier molecular flexibility index (Phi) is 9.64. The van der Waals surface area contributed by atoms with Crippen LogP contribution in [0.15, 0.2) is 60.7 Å². The van der Waals surface area contributed by atoms with Gasteiger partial charge in [0.15, 0.2) is 0 Å². The summed E-state index contributed by atoms with van der Waals surface area (Å²) in [5, 5.41) is 3.08. The molecule has 0 bridgehead atoms. The average molecular weight is 358 g/mol. The first-order chi connectivity index (χ1) is 11.8. The van der Waals surface area contributed by atoms with E-state index >= 15 is 0 Å². The van der Waals surface area contributed by atoms with E-state index in [2.05, 4.69) is 74.5 Å². The van der Waals surface area contributed by atoms with Crippen LogP contribution in [0.5, 0.6) is 0 Å². The molecule has 0 heterocycles. The molecule has 0 nitrogen and oxygen atoms in total. The maximum atomic E-state index is 2.33. The summed E-state index contributed by atoms with van der Waals surface area (Å²) < 4.78 is 0. The molecule has 0 aliphatic rings. The van der Waals surface area contributed by atoms with Gasteiger partial charge in [0, 0.05) is 0 Å². The molecule has 0 amide bonds. The number of unbranched alkanes of at least 4 members (excludes halogenated alkanes) is 2. The summed E-state index contributed by atoms with van der Waals surface area (Å²) in [5.74, 6) is 0. The van der Waals surface area contributed by atoms with Crippen molar-refractivity contribution in [1.82, 2.24) is 0 Å². The second-order valence-corrected chi connectivity index (χ2v) is 11.4. The summed E-state index contributed by atoms with van der Waals surface area (Å²) in [4.78, 5) is 0. The predicted octanol–water partition coefficient (Wildman–Crippen LogP) is 6.20.